The van der Waals surface area contributed by atoms with Gasteiger partial charge in [0.25, 0.3) is 0 Å². The first-order chi connectivity index (χ1) is 6.27. The lowest BCUT2D eigenvalue weighted by Gasteiger charge is -2.09. The summed E-state index contributed by atoms with van der Waals surface area (Å²) in [6.45, 7) is 3.09. The van der Waals surface area contributed by atoms with E-state index in [0.717, 1.165) is 16.8 Å². The molecule has 1 atom stereocenters. The third-order valence-electron chi connectivity index (χ3n) is 1.64. The predicted octanol–water partition coefficient (Wildman–Crippen LogP) is 3.18. The van der Waals surface area contributed by atoms with Gasteiger partial charge in [-0.2, -0.15) is 0 Å². The second-order valence-corrected chi connectivity index (χ2v) is 5.19. The van der Waals surface area contributed by atoms with Crippen molar-refractivity contribution < 1.29 is 0 Å². The molecule has 0 aromatic carbocycles. The largest absolute Gasteiger partial charge is 0.299 e. The molecule has 3 heteroatoms. The van der Waals surface area contributed by atoms with Crippen LogP contribution in [0, 0.1) is 12.3 Å². The molecule has 0 saturated carbocycles. The second-order valence-electron chi connectivity index (χ2n) is 2.70. The lowest BCUT2D eigenvalue weighted by molar-refractivity contribution is 0.633. The molecule has 0 fully saturated rings. The number of rotatable bonds is 4. The zero-order valence-corrected chi connectivity index (χ0v) is 9.91. The maximum Gasteiger partial charge on any atom is 0.104 e. The lowest BCUT2D eigenvalue weighted by atomic mass is 10.2. The molecule has 1 unspecified atom stereocenters. The van der Waals surface area contributed by atoms with Crippen LogP contribution in [0.5, 0.6) is 0 Å². The molecular formula is C10H12BrNS. The Morgan fingerprint density at radius 2 is 2.46 bits per heavy atom. The number of nitrogens with one attached hydrogen (secondary N) is 1. The van der Waals surface area contributed by atoms with Gasteiger partial charge in [0.2, 0.25) is 0 Å². The fourth-order valence-electron chi connectivity index (χ4n) is 1.01. The number of halogens is 1. The van der Waals surface area contributed by atoms with Crippen molar-refractivity contribution in [2.24, 2.45) is 0 Å². The topological polar surface area (TPSA) is 12.0 Å². The van der Waals surface area contributed by atoms with Crippen LogP contribution in [-0.2, 0) is 0 Å². The molecule has 1 rings (SSSR count). The Hall–Kier alpha value is -0.300. The molecule has 0 radical (unpaired) electrons. The average Bonchev–Trinajstić information content (AvgIpc) is 2.54. The fraction of sp³-hybridized carbons (Fsp3) is 0.400. The molecule has 0 aliphatic rings. The molecule has 0 amide bonds. The van der Waals surface area contributed by atoms with Crippen LogP contribution in [0.1, 0.15) is 24.3 Å². The summed E-state index contributed by atoms with van der Waals surface area (Å²) in [5.41, 5.74) is 0. The molecule has 0 spiro atoms. The Labute approximate surface area is 91.7 Å². The third-order valence-corrected chi connectivity index (χ3v) is 3.33. The van der Waals surface area contributed by atoms with Crippen molar-refractivity contribution in [2.45, 2.75) is 19.4 Å². The summed E-state index contributed by atoms with van der Waals surface area (Å²) in [6, 6.07) is 4.15. The van der Waals surface area contributed by atoms with Gasteiger partial charge < -0.3 is 0 Å². The molecule has 1 heterocycles. The maximum atomic E-state index is 5.43. The van der Waals surface area contributed by atoms with Gasteiger partial charge in [-0.15, -0.1) is 17.8 Å². The van der Waals surface area contributed by atoms with E-state index in [2.05, 4.69) is 40.2 Å². The summed E-state index contributed by atoms with van der Waals surface area (Å²) in [6.07, 6.45) is 6.54. The van der Waals surface area contributed by atoms with Gasteiger partial charge in [-0.1, -0.05) is 12.8 Å². The van der Waals surface area contributed by atoms with Crippen molar-refractivity contribution in [2.75, 3.05) is 6.54 Å². The van der Waals surface area contributed by atoms with Gasteiger partial charge in [0, 0.05) is 4.88 Å². The van der Waals surface area contributed by atoms with Gasteiger partial charge in [-0.25, -0.2) is 0 Å². The number of hydrogen-bond acceptors (Lipinski definition) is 2. The van der Waals surface area contributed by atoms with Crippen molar-refractivity contribution in [3.05, 3.63) is 20.8 Å². The van der Waals surface area contributed by atoms with Gasteiger partial charge >= 0.3 is 0 Å². The van der Waals surface area contributed by atoms with E-state index in [-0.39, 0.29) is 6.04 Å². The van der Waals surface area contributed by atoms with Gasteiger partial charge in [0.15, 0.2) is 0 Å². The molecule has 70 valence electrons. The number of terminal acetylenes is 1. The number of hydrogen-bond donors (Lipinski definition) is 1. The monoisotopic (exact) mass is 257 g/mol. The van der Waals surface area contributed by atoms with Crippen LogP contribution in [0.15, 0.2) is 15.9 Å². The van der Waals surface area contributed by atoms with Crippen LogP contribution in [0.25, 0.3) is 0 Å². The highest BCUT2D eigenvalue weighted by atomic mass is 79.9. The van der Waals surface area contributed by atoms with E-state index in [1.807, 2.05) is 6.07 Å². The SMILES string of the molecule is C#CC(NCCC)c1ccc(Br)s1. The molecule has 1 N–H and O–H groups in total. The van der Waals surface area contributed by atoms with Crippen molar-refractivity contribution in [3.63, 3.8) is 0 Å². The Morgan fingerprint density at radius 1 is 1.69 bits per heavy atom. The minimum atomic E-state index is 0.0660. The highest BCUT2D eigenvalue weighted by Crippen LogP contribution is 2.26. The molecular weight excluding hydrogens is 246 g/mol. The zero-order chi connectivity index (χ0) is 9.68. The van der Waals surface area contributed by atoms with Crippen LogP contribution in [0.4, 0.5) is 0 Å². The molecule has 13 heavy (non-hydrogen) atoms. The minimum absolute atomic E-state index is 0.0660. The van der Waals surface area contributed by atoms with E-state index >= 15 is 0 Å². The van der Waals surface area contributed by atoms with Crippen molar-refractivity contribution in [3.8, 4) is 12.3 Å². The van der Waals surface area contributed by atoms with E-state index < -0.39 is 0 Å². The quantitative estimate of drug-likeness (QED) is 0.818. The second kappa shape index (κ2) is 5.43. The molecule has 1 nitrogen and oxygen atoms in total. The van der Waals surface area contributed by atoms with Gasteiger partial charge in [0.1, 0.15) is 6.04 Å². The Morgan fingerprint density at radius 3 is 2.92 bits per heavy atom. The predicted molar refractivity (Wildman–Crippen MR) is 61.9 cm³/mol. The van der Waals surface area contributed by atoms with E-state index in [1.54, 1.807) is 11.3 Å². The van der Waals surface area contributed by atoms with E-state index in [9.17, 15) is 0 Å². The fourth-order valence-corrected chi connectivity index (χ4v) is 2.47. The third kappa shape index (κ3) is 3.15. The van der Waals surface area contributed by atoms with Crippen LogP contribution < -0.4 is 5.32 Å². The normalized spacial score (nSPS) is 12.4. The summed E-state index contributed by atoms with van der Waals surface area (Å²) < 4.78 is 1.13. The van der Waals surface area contributed by atoms with E-state index in [4.69, 9.17) is 6.42 Å². The van der Waals surface area contributed by atoms with Crippen LogP contribution in [0.3, 0.4) is 0 Å². The zero-order valence-electron chi connectivity index (χ0n) is 7.51. The van der Waals surface area contributed by atoms with Gasteiger partial charge in [-0.05, 0) is 41.0 Å². The van der Waals surface area contributed by atoms with Crippen molar-refractivity contribution in [1.82, 2.24) is 5.32 Å². The molecule has 0 saturated heterocycles. The van der Waals surface area contributed by atoms with Gasteiger partial charge in [-0.3, -0.25) is 5.32 Å². The first-order valence-corrected chi connectivity index (χ1v) is 5.83. The van der Waals surface area contributed by atoms with Crippen LogP contribution in [-0.4, -0.2) is 6.54 Å². The standard InChI is InChI=1S/C10H12BrNS/c1-3-7-12-8(4-2)9-5-6-10(11)13-9/h2,5-6,8,12H,3,7H2,1H3. The van der Waals surface area contributed by atoms with E-state index in [0.29, 0.717) is 0 Å². The summed E-state index contributed by atoms with van der Waals surface area (Å²) in [4.78, 5) is 1.20. The van der Waals surface area contributed by atoms with Crippen molar-refractivity contribution in [1.29, 1.82) is 0 Å². The summed E-state index contributed by atoms with van der Waals surface area (Å²) >= 11 is 5.10. The first-order valence-electron chi connectivity index (χ1n) is 4.22. The van der Waals surface area contributed by atoms with Gasteiger partial charge in [0.05, 0.1) is 3.79 Å². The Bertz CT molecular complexity index is 300. The Kier molecular flexibility index (Phi) is 4.51. The summed E-state index contributed by atoms with van der Waals surface area (Å²) in [5, 5.41) is 3.30. The Balaban J connectivity index is 2.63. The lowest BCUT2D eigenvalue weighted by Crippen LogP contribution is -2.19. The van der Waals surface area contributed by atoms with Crippen molar-refractivity contribution >= 4 is 27.3 Å². The maximum absolute atomic E-state index is 5.43. The summed E-state index contributed by atoms with van der Waals surface area (Å²) in [7, 11) is 0. The first kappa shape index (κ1) is 10.8. The minimum Gasteiger partial charge on any atom is -0.299 e. The number of thiophene rings is 1. The summed E-state index contributed by atoms with van der Waals surface area (Å²) in [5.74, 6) is 2.74. The average molecular weight is 258 g/mol. The smallest absolute Gasteiger partial charge is 0.104 e. The van der Waals surface area contributed by atoms with Crippen LogP contribution in [0.2, 0.25) is 0 Å². The molecule has 1 aromatic rings. The van der Waals surface area contributed by atoms with E-state index in [1.165, 1.54) is 4.88 Å². The molecule has 0 aliphatic carbocycles. The molecule has 1 aromatic heterocycles. The molecule has 0 bridgehead atoms. The van der Waals surface area contributed by atoms with Crippen LogP contribution >= 0.6 is 27.3 Å². The highest BCUT2D eigenvalue weighted by Gasteiger charge is 2.08. The molecule has 0 aliphatic heterocycles. The highest BCUT2D eigenvalue weighted by molar-refractivity contribution is 9.11.